The van der Waals surface area contributed by atoms with E-state index in [0.29, 0.717) is 6.42 Å². The molecule has 0 amide bonds. The van der Waals surface area contributed by atoms with E-state index in [9.17, 15) is 0 Å². The van der Waals surface area contributed by atoms with Crippen LogP contribution in [0, 0.1) is 25.2 Å². The number of rotatable bonds is 4. The van der Waals surface area contributed by atoms with E-state index in [1.165, 1.54) is 16.0 Å². The summed E-state index contributed by atoms with van der Waals surface area (Å²) in [7, 11) is 0. The summed E-state index contributed by atoms with van der Waals surface area (Å²) in [4.78, 5) is 1.34. The highest BCUT2D eigenvalue weighted by atomic mass is 32.2. The molecule has 0 saturated carbocycles. The maximum atomic E-state index is 8.40. The van der Waals surface area contributed by atoms with Crippen molar-refractivity contribution in [3.8, 4) is 6.07 Å². The molecule has 1 rings (SSSR count). The Bertz CT molecular complexity index is 339. The predicted molar refractivity (Wildman–Crippen MR) is 61.5 cm³/mol. The third-order valence-electron chi connectivity index (χ3n) is 2.02. The molecule has 74 valence electrons. The first-order chi connectivity index (χ1) is 6.74. The third kappa shape index (κ3) is 3.43. The fraction of sp³-hybridized carbons (Fsp3) is 0.417. The molecule has 0 heterocycles. The summed E-state index contributed by atoms with van der Waals surface area (Å²) in [5.74, 6) is 1.04. The minimum Gasteiger partial charge on any atom is -0.198 e. The van der Waals surface area contributed by atoms with Gasteiger partial charge < -0.3 is 0 Å². The second-order valence-electron chi connectivity index (χ2n) is 3.38. The Hall–Kier alpha value is -0.940. The van der Waals surface area contributed by atoms with Crippen molar-refractivity contribution in [2.24, 2.45) is 0 Å². The van der Waals surface area contributed by atoms with Crippen molar-refractivity contribution in [2.45, 2.75) is 31.6 Å². The third-order valence-corrected chi connectivity index (χ3v) is 3.28. The normalized spacial score (nSPS) is 9.79. The lowest BCUT2D eigenvalue weighted by Gasteiger charge is -2.05. The standard InChI is InChI=1S/C12H15NS/c1-10-5-6-12(11(2)9-10)14-8-4-3-7-13/h5-6,9H,3-4,8H2,1-2H3. The van der Waals surface area contributed by atoms with Crippen LogP contribution in [0.25, 0.3) is 0 Å². The Kier molecular flexibility index (Phi) is 4.55. The Morgan fingerprint density at radius 2 is 2.14 bits per heavy atom. The lowest BCUT2D eigenvalue weighted by atomic mass is 10.2. The summed E-state index contributed by atoms with van der Waals surface area (Å²) in [6, 6.07) is 8.67. The minimum absolute atomic E-state index is 0.665. The zero-order valence-electron chi connectivity index (χ0n) is 8.71. The summed E-state index contributed by atoms with van der Waals surface area (Å²) >= 11 is 1.84. The first-order valence-electron chi connectivity index (χ1n) is 4.81. The zero-order valence-corrected chi connectivity index (χ0v) is 9.53. The van der Waals surface area contributed by atoms with Gasteiger partial charge in [-0.25, -0.2) is 0 Å². The molecule has 0 bridgehead atoms. The number of nitrogens with zero attached hydrogens (tertiary/aromatic N) is 1. The summed E-state index contributed by atoms with van der Waals surface area (Å²) in [6.07, 6.45) is 1.65. The lowest BCUT2D eigenvalue weighted by molar-refractivity contribution is 0.980. The number of thioether (sulfide) groups is 1. The minimum atomic E-state index is 0.665. The van der Waals surface area contributed by atoms with Gasteiger partial charge in [0.25, 0.3) is 0 Å². The summed E-state index contributed by atoms with van der Waals surface area (Å²) in [5, 5.41) is 8.40. The average Bonchev–Trinajstić information content (AvgIpc) is 2.15. The van der Waals surface area contributed by atoms with Crippen molar-refractivity contribution in [1.29, 1.82) is 5.26 Å². The molecule has 0 unspecified atom stereocenters. The van der Waals surface area contributed by atoms with Crippen LogP contribution in [0.15, 0.2) is 23.1 Å². The maximum absolute atomic E-state index is 8.40. The van der Waals surface area contributed by atoms with Gasteiger partial charge in [-0.3, -0.25) is 0 Å². The molecule has 1 nitrogen and oxygen atoms in total. The molecule has 0 aromatic heterocycles. The molecule has 0 N–H and O–H groups in total. The van der Waals surface area contributed by atoms with Crippen LogP contribution in [-0.4, -0.2) is 5.75 Å². The molecule has 0 aliphatic carbocycles. The second-order valence-corrected chi connectivity index (χ2v) is 4.52. The van der Waals surface area contributed by atoms with Crippen LogP contribution in [0.4, 0.5) is 0 Å². The average molecular weight is 205 g/mol. The lowest BCUT2D eigenvalue weighted by Crippen LogP contribution is -1.84. The maximum Gasteiger partial charge on any atom is 0.0622 e. The Morgan fingerprint density at radius 3 is 2.79 bits per heavy atom. The van der Waals surface area contributed by atoms with Crippen molar-refractivity contribution in [2.75, 3.05) is 5.75 Å². The van der Waals surface area contributed by atoms with Crippen molar-refractivity contribution < 1.29 is 0 Å². The van der Waals surface area contributed by atoms with E-state index in [1.54, 1.807) is 0 Å². The molecule has 1 aromatic carbocycles. The molecule has 2 heteroatoms. The second kappa shape index (κ2) is 5.72. The highest BCUT2D eigenvalue weighted by Gasteiger charge is 1.98. The quantitative estimate of drug-likeness (QED) is 0.553. The molecule has 0 spiro atoms. The highest BCUT2D eigenvalue weighted by molar-refractivity contribution is 7.99. The smallest absolute Gasteiger partial charge is 0.0622 e. The largest absolute Gasteiger partial charge is 0.198 e. The van der Waals surface area contributed by atoms with E-state index in [4.69, 9.17) is 5.26 Å². The Labute approximate surface area is 90.1 Å². The van der Waals surface area contributed by atoms with Gasteiger partial charge in [0.05, 0.1) is 6.07 Å². The Morgan fingerprint density at radius 1 is 1.36 bits per heavy atom. The van der Waals surface area contributed by atoms with Gasteiger partial charge >= 0.3 is 0 Å². The summed E-state index contributed by atoms with van der Waals surface area (Å²) in [6.45, 7) is 4.25. The number of nitriles is 1. The van der Waals surface area contributed by atoms with Gasteiger partial charge in [-0.15, -0.1) is 11.8 Å². The zero-order chi connectivity index (χ0) is 10.4. The fourth-order valence-corrected chi connectivity index (χ4v) is 2.25. The number of benzene rings is 1. The van der Waals surface area contributed by atoms with Crippen molar-refractivity contribution >= 4 is 11.8 Å². The van der Waals surface area contributed by atoms with Gasteiger partial charge in [0, 0.05) is 11.3 Å². The van der Waals surface area contributed by atoms with Gasteiger partial charge in [0.1, 0.15) is 0 Å². The molecular formula is C12H15NS. The molecule has 0 fully saturated rings. The van der Waals surface area contributed by atoms with Gasteiger partial charge in [0.15, 0.2) is 0 Å². The van der Waals surface area contributed by atoms with Crippen molar-refractivity contribution in [3.63, 3.8) is 0 Å². The first-order valence-corrected chi connectivity index (χ1v) is 5.79. The van der Waals surface area contributed by atoms with Gasteiger partial charge in [-0.1, -0.05) is 17.7 Å². The molecule has 14 heavy (non-hydrogen) atoms. The van der Waals surface area contributed by atoms with Crippen LogP contribution in [-0.2, 0) is 0 Å². The van der Waals surface area contributed by atoms with E-state index in [2.05, 4.69) is 38.1 Å². The molecule has 0 atom stereocenters. The SMILES string of the molecule is Cc1ccc(SCCCC#N)c(C)c1. The van der Waals surface area contributed by atoms with Gasteiger partial charge in [-0.2, -0.15) is 5.26 Å². The van der Waals surface area contributed by atoms with Crippen LogP contribution in [0.3, 0.4) is 0 Å². The number of hydrogen-bond donors (Lipinski definition) is 0. The molecule has 0 saturated heterocycles. The van der Waals surface area contributed by atoms with E-state index >= 15 is 0 Å². The van der Waals surface area contributed by atoms with Crippen LogP contribution in [0.2, 0.25) is 0 Å². The fourth-order valence-electron chi connectivity index (χ4n) is 1.29. The highest BCUT2D eigenvalue weighted by Crippen LogP contribution is 2.23. The van der Waals surface area contributed by atoms with Crippen molar-refractivity contribution in [1.82, 2.24) is 0 Å². The molecule has 0 aliphatic heterocycles. The van der Waals surface area contributed by atoms with E-state index < -0.39 is 0 Å². The van der Waals surface area contributed by atoms with Gasteiger partial charge in [-0.05, 0) is 37.7 Å². The van der Waals surface area contributed by atoms with Gasteiger partial charge in [0.2, 0.25) is 0 Å². The molecule has 1 aromatic rings. The van der Waals surface area contributed by atoms with E-state index in [0.717, 1.165) is 12.2 Å². The van der Waals surface area contributed by atoms with Crippen LogP contribution in [0.1, 0.15) is 24.0 Å². The summed E-state index contributed by atoms with van der Waals surface area (Å²) in [5.41, 5.74) is 2.65. The van der Waals surface area contributed by atoms with E-state index in [-0.39, 0.29) is 0 Å². The Balaban J connectivity index is 2.47. The monoisotopic (exact) mass is 205 g/mol. The van der Waals surface area contributed by atoms with Crippen LogP contribution >= 0.6 is 11.8 Å². The topological polar surface area (TPSA) is 23.8 Å². The number of hydrogen-bond acceptors (Lipinski definition) is 2. The first kappa shape index (κ1) is 11.1. The van der Waals surface area contributed by atoms with Crippen LogP contribution < -0.4 is 0 Å². The summed E-state index contributed by atoms with van der Waals surface area (Å²) < 4.78 is 0. The van der Waals surface area contributed by atoms with E-state index in [1.807, 2.05) is 11.8 Å². The van der Waals surface area contributed by atoms with Crippen LogP contribution in [0.5, 0.6) is 0 Å². The molecular weight excluding hydrogens is 190 g/mol. The predicted octanol–water partition coefficient (Wildman–Crippen LogP) is 3.70. The number of unbranched alkanes of at least 4 members (excludes halogenated alkanes) is 1. The van der Waals surface area contributed by atoms with Crippen molar-refractivity contribution in [3.05, 3.63) is 29.3 Å². The number of aryl methyl sites for hydroxylation is 2. The molecule has 0 radical (unpaired) electrons. The molecule has 0 aliphatic rings.